The van der Waals surface area contributed by atoms with Gasteiger partial charge in [-0.3, -0.25) is 9.78 Å². The van der Waals surface area contributed by atoms with Crippen molar-refractivity contribution >= 4 is 12.1 Å². The van der Waals surface area contributed by atoms with Gasteiger partial charge in [-0.25, -0.2) is 0 Å². The van der Waals surface area contributed by atoms with E-state index in [1.807, 2.05) is 49.4 Å². The largest absolute Gasteiger partial charge is 0.315 e. The molecule has 0 spiro atoms. The molecule has 0 aliphatic heterocycles. The molecule has 3 heteroatoms. The lowest BCUT2D eigenvalue weighted by molar-refractivity contribution is -0.107. The zero-order chi connectivity index (χ0) is 12.8. The van der Waals surface area contributed by atoms with Crippen LogP contribution in [0.1, 0.15) is 11.3 Å². The number of nitrogens with zero attached hydrogens (tertiary/aromatic N) is 2. The first kappa shape index (κ1) is 12.3. The number of carbonyl (C=O) groups excluding carboxylic acids is 1. The van der Waals surface area contributed by atoms with Crippen LogP contribution in [0.3, 0.4) is 0 Å². The molecule has 0 N–H and O–H groups in total. The summed E-state index contributed by atoms with van der Waals surface area (Å²) in [6.07, 6.45) is 3.40. The van der Waals surface area contributed by atoms with E-state index >= 15 is 0 Å². The number of rotatable bonds is 5. The Morgan fingerprint density at radius 2 is 1.94 bits per heavy atom. The Labute approximate surface area is 107 Å². The van der Waals surface area contributed by atoms with E-state index in [1.165, 1.54) is 5.56 Å². The molecule has 1 heterocycles. The second kappa shape index (κ2) is 5.96. The zero-order valence-electron chi connectivity index (χ0n) is 10.4. The van der Waals surface area contributed by atoms with Gasteiger partial charge in [0.25, 0.3) is 0 Å². The molecule has 1 aromatic heterocycles. The van der Waals surface area contributed by atoms with Gasteiger partial charge in [0.1, 0.15) is 0 Å². The van der Waals surface area contributed by atoms with Crippen molar-refractivity contribution in [2.45, 2.75) is 13.3 Å². The van der Waals surface area contributed by atoms with Gasteiger partial charge in [0.05, 0.1) is 0 Å². The van der Waals surface area contributed by atoms with E-state index in [2.05, 4.69) is 4.98 Å². The Morgan fingerprint density at radius 1 is 1.17 bits per heavy atom. The average molecular weight is 240 g/mol. The summed E-state index contributed by atoms with van der Waals surface area (Å²) >= 11 is 0. The molecule has 0 radical (unpaired) electrons. The van der Waals surface area contributed by atoms with Gasteiger partial charge >= 0.3 is 0 Å². The summed E-state index contributed by atoms with van der Waals surface area (Å²) < 4.78 is 0. The smallest absolute Gasteiger partial charge is 0.214 e. The highest BCUT2D eigenvalue weighted by Crippen LogP contribution is 2.13. The molecule has 0 atom stereocenters. The summed E-state index contributed by atoms with van der Waals surface area (Å²) in [5, 5.41) is 0. The molecule has 92 valence electrons. The molecule has 0 bridgehead atoms. The van der Waals surface area contributed by atoms with E-state index in [-0.39, 0.29) is 0 Å². The number of aromatic nitrogens is 1. The third kappa shape index (κ3) is 3.17. The van der Waals surface area contributed by atoms with Crippen molar-refractivity contribution in [2.24, 2.45) is 0 Å². The van der Waals surface area contributed by atoms with E-state index in [0.717, 1.165) is 24.2 Å². The average Bonchev–Trinajstić information content (AvgIpc) is 2.42. The Hall–Kier alpha value is -2.16. The van der Waals surface area contributed by atoms with Crippen LogP contribution in [0.4, 0.5) is 5.69 Å². The fourth-order valence-corrected chi connectivity index (χ4v) is 1.76. The van der Waals surface area contributed by atoms with Crippen LogP contribution < -0.4 is 4.90 Å². The number of aryl methyl sites for hydroxylation is 1. The van der Waals surface area contributed by atoms with Crippen molar-refractivity contribution in [1.29, 1.82) is 0 Å². The Morgan fingerprint density at radius 3 is 2.56 bits per heavy atom. The van der Waals surface area contributed by atoms with E-state index in [1.54, 1.807) is 11.1 Å². The zero-order valence-corrected chi connectivity index (χ0v) is 10.4. The minimum absolute atomic E-state index is 0.642. The van der Waals surface area contributed by atoms with Crippen molar-refractivity contribution in [1.82, 2.24) is 4.98 Å². The highest BCUT2D eigenvalue weighted by molar-refractivity contribution is 5.75. The molecule has 18 heavy (non-hydrogen) atoms. The van der Waals surface area contributed by atoms with Crippen molar-refractivity contribution in [3.05, 3.63) is 59.9 Å². The maximum atomic E-state index is 11.1. The molecule has 0 saturated carbocycles. The van der Waals surface area contributed by atoms with Gasteiger partial charge in [-0.1, -0.05) is 23.8 Å². The first-order valence-electron chi connectivity index (χ1n) is 5.98. The standard InChI is InChI=1S/C15H16N2O/c1-13-5-7-15(8-6-13)17(12-18)11-9-14-4-2-3-10-16-14/h2-8,10,12H,9,11H2,1H3. The number of hydrogen-bond acceptors (Lipinski definition) is 2. The van der Waals surface area contributed by atoms with Crippen LogP contribution in [-0.4, -0.2) is 17.9 Å². The van der Waals surface area contributed by atoms with Crippen LogP contribution in [0.25, 0.3) is 0 Å². The third-order valence-electron chi connectivity index (χ3n) is 2.83. The summed E-state index contributed by atoms with van der Waals surface area (Å²) in [5.41, 5.74) is 3.11. The van der Waals surface area contributed by atoms with Gasteiger partial charge in [-0.05, 0) is 31.2 Å². The molecular weight excluding hydrogens is 224 g/mol. The molecule has 0 aliphatic carbocycles. The summed E-state index contributed by atoms with van der Waals surface area (Å²) in [5.74, 6) is 0. The van der Waals surface area contributed by atoms with Gasteiger partial charge in [0.15, 0.2) is 0 Å². The van der Waals surface area contributed by atoms with Crippen LogP contribution in [0.15, 0.2) is 48.7 Å². The molecule has 0 saturated heterocycles. The van der Waals surface area contributed by atoms with E-state index in [4.69, 9.17) is 0 Å². The maximum Gasteiger partial charge on any atom is 0.214 e. The maximum absolute atomic E-state index is 11.1. The molecule has 0 unspecified atom stereocenters. The molecule has 0 fully saturated rings. The van der Waals surface area contributed by atoms with Crippen LogP contribution in [0, 0.1) is 6.92 Å². The predicted octanol–water partition coefficient (Wildman–Crippen LogP) is 2.60. The number of hydrogen-bond donors (Lipinski definition) is 0. The second-order valence-corrected chi connectivity index (χ2v) is 4.21. The van der Waals surface area contributed by atoms with Crippen molar-refractivity contribution in [3.63, 3.8) is 0 Å². The normalized spacial score (nSPS) is 10.1. The van der Waals surface area contributed by atoms with Gasteiger partial charge in [-0.2, -0.15) is 0 Å². The van der Waals surface area contributed by atoms with E-state index in [9.17, 15) is 4.79 Å². The second-order valence-electron chi connectivity index (χ2n) is 4.21. The van der Waals surface area contributed by atoms with Crippen molar-refractivity contribution < 1.29 is 4.79 Å². The van der Waals surface area contributed by atoms with Crippen molar-refractivity contribution in [3.8, 4) is 0 Å². The fourth-order valence-electron chi connectivity index (χ4n) is 1.76. The predicted molar refractivity (Wildman–Crippen MR) is 72.5 cm³/mol. The highest BCUT2D eigenvalue weighted by Gasteiger charge is 2.05. The fraction of sp³-hybridized carbons (Fsp3) is 0.200. The SMILES string of the molecule is Cc1ccc(N(C=O)CCc2ccccn2)cc1. The minimum atomic E-state index is 0.642. The lowest BCUT2D eigenvalue weighted by Crippen LogP contribution is -2.24. The lowest BCUT2D eigenvalue weighted by Gasteiger charge is -2.17. The number of amides is 1. The van der Waals surface area contributed by atoms with Crippen LogP contribution >= 0.6 is 0 Å². The third-order valence-corrected chi connectivity index (χ3v) is 2.83. The molecule has 1 amide bonds. The number of benzene rings is 1. The van der Waals surface area contributed by atoms with Crippen molar-refractivity contribution in [2.75, 3.05) is 11.4 Å². The molecule has 0 aliphatic rings. The molecule has 1 aromatic carbocycles. The number of anilines is 1. The van der Waals surface area contributed by atoms with E-state index in [0.29, 0.717) is 6.54 Å². The lowest BCUT2D eigenvalue weighted by atomic mass is 10.2. The molecule has 3 nitrogen and oxygen atoms in total. The van der Waals surface area contributed by atoms with Gasteiger partial charge in [0.2, 0.25) is 6.41 Å². The Bertz CT molecular complexity index is 494. The monoisotopic (exact) mass is 240 g/mol. The summed E-state index contributed by atoms with van der Waals surface area (Å²) in [7, 11) is 0. The quantitative estimate of drug-likeness (QED) is 0.753. The van der Waals surface area contributed by atoms with Gasteiger partial charge in [-0.15, -0.1) is 0 Å². The topological polar surface area (TPSA) is 33.2 Å². The first-order valence-corrected chi connectivity index (χ1v) is 5.98. The molecule has 2 aromatic rings. The molecule has 2 rings (SSSR count). The number of pyridine rings is 1. The number of carbonyl (C=O) groups is 1. The van der Waals surface area contributed by atoms with Crippen LogP contribution in [0.2, 0.25) is 0 Å². The Kier molecular flexibility index (Phi) is 4.07. The summed E-state index contributed by atoms with van der Waals surface area (Å²) in [6, 6.07) is 13.8. The van der Waals surface area contributed by atoms with Crippen LogP contribution in [-0.2, 0) is 11.2 Å². The van der Waals surface area contributed by atoms with Crippen LogP contribution in [0.5, 0.6) is 0 Å². The van der Waals surface area contributed by atoms with E-state index < -0.39 is 0 Å². The highest BCUT2D eigenvalue weighted by atomic mass is 16.1. The first-order chi connectivity index (χ1) is 8.79. The van der Waals surface area contributed by atoms with Gasteiger partial charge in [0, 0.05) is 30.5 Å². The summed E-state index contributed by atoms with van der Waals surface area (Å²) in [6.45, 7) is 2.67. The molecular formula is C15H16N2O. The minimum Gasteiger partial charge on any atom is -0.315 e. The Balaban J connectivity index is 2.02. The van der Waals surface area contributed by atoms with Gasteiger partial charge < -0.3 is 4.90 Å². The summed E-state index contributed by atoms with van der Waals surface area (Å²) in [4.78, 5) is 17.1.